The molecule has 6 heteroatoms. The number of H-pyrrole nitrogens is 1. The maximum Gasteiger partial charge on any atom is 0.228 e. The van der Waals surface area contributed by atoms with Crippen LogP contribution in [-0.4, -0.2) is 21.7 Å². The number of fused-ring (bicyclic) bond motifs is 1. The molecule has 23 heavy (non-hydrogen) atoms. The average molecular weight is 328 g/mol. The summed E-state index contributed by atoms with van der Waals surface area (Å²) in [6.45, 7) is 1.78. The third-order valence-corrected chi connectivity index (χ3v) is 3.88. The third-order valence-electron chi connectivity index (χ3n) is 3.64. The Balaban J connectivity index is 2.22. The van der Waals surface area contributed by atoms with Crippen LogP contribution in [-0.2, 0) is 11.2 Å². The standard InChI is InChI=1S/C17H13ClN2O3/c1-9-3-2-6-19-15(9)17(23)16-12(8-14(21)22)11-7-10(18)4-5-13(11)20-16/h2-7,20H,8H2,1H3,(H,21,22)/p-1. The molecule has 1 aromatic carbocycles. The molecule has 0 aliphatic heterocycles. The van der Waals surface area contributed by atoms with Crippen molar-refractivity contribution >= 4 is 34.3 Å². The van der Waals surface area contributed by atoms with E-state index in [0.717, 1.165) is 0 Å². The predicted octanol–water partition coefficient (Wildman–Crippen LogP) is 2.05. The lowest BCUT2D eigenvalue weighted by Crippen LogP contribution is -2.25. The van der Waals surface area contributed by atoms with Crippen molar-refractivity contribution in [2.75, 3.05) is 0 Å². The van der Waals surface area contributed by atoms with Gasteiger partial charge >= 0.3 is 0 Å². The van der Waals surface area contributed by atoms with Crippen molar-refractivity contribution in [3.8, 4) is 0 Å². The van der Waals surface area contributed by atoms with E-state index < -0.39 is 5.97 Å². The molecule has 0 amide bonds. The summed E-state index contributed by atoms with van der Waals surface area (Å²) in [7, 11) is 0. The van der Waals surface area contributed by atoms with E-state index in [1.54, 1.807) is 37.3 Å². The molecule has 3 rings (SSSR count). The first-order valence-corrected chi connectivity index (χ1v) is 7.31. The highest BCUT2D eigenvalue weighted by Gasteiger charge is 2.21. The fourth-order valence-electron chi connectivity index (χ4n) is 2.58. The molecule has 3 aromatic rings. The molecule has 0 saturated heterocycles. The largest absolute Gasteiger partial charge is 0.550 e. The number of carbonyl (C=O) groups excluding carboxylic acids is 2. The van der Waals surface area contributed by atoms with Crippen molar-refractivity contribution in [2.24, 2.45) is 0 Å². The number of benzene rings is 1. The Hall–Kier alpha value is -2.66. The second-order valence-corrected chi connectivity index (χ2v) is 5.65. The molecule has 116 valence electrons. The minimum absolute atomic E-state index is 0.202. The molecule has 1 N–H and O–H groups in total. The predicted molar refractivity (Wildman–Crippen MR) is 84.4 cm³/mol. The molecule has 5 nitrogen and oxygen atoms in total. The molecule has 2 heterocycles. The van der Waals surface area contributed by atoms with E-state index in [0.29, 0.717) is 27.1 Å². The van der Waals surface area contributed by atoms with Gasteiger partial charge in [-0.05, 0) is 42.3 Å². The highest BCUT2D eigenvalue weighted by molar-refractivity contribution is 6.31. The quantitative estimate of drug-likeness (QED) is 0.743. The van der Waals surface area contributed by atoms with Gasteiger partial charge in [0.15, 0.2) is 0 Å². The van der Waals surface area contributed by atoms with Crippen LogP contribution in [0.1, 0.15) is 27.3 Å². The van der Waals surface area contributed by atoms with E-state index in [4.69, 9.17) is 11.6 Å². The fourth-order valence-corrected chi connectivity index (χ4v) is 2.76. The van der Waals surface area contributed by atoms with Crippen LogP contribution in [0.15, 0.2) is 36.5 Å². The molecular weight excluding hydrogens is 316 g/mol. The van der Waals surface area contributed by atoms with Crippen LogP contribution in [0.5, 0.6) is 0 Å². The number of halogens is 1. The first-order chi connectivity index (χ1) is 11.0. The van der Waals surface area contributed by atoms with Gasteiger partial charge in [-0.1, -0.05) is 17.7 Å². The molecule has 0 bridgehead atoms. The van der Waals surface area contributed by atoms with Crippen LogP contribution in [0.4, 0.5) is 0 Å². The van der Waals surface area contributed by atoms with Crippen molar-refractivity contribution in [1.82, 2.24) is 9.97 Å². The Bertz CT molecular complexity index is 931. The van der Waals surface area contributed by atoms with Crippen molar-refractivity contribution < 1.29 is 14.7 Å². The summed E-state index contributed by atoms with van der Waals surface area (Å²) in [5.41, 5.74) is 2.20. The minimum atomic E-state index is -1.27. The third kappa shape index (κ3) is 2.83. The van der Waals surface area contributed by atoms with Crippen LogP contribution in [0.25, 0.3) is 10.9 Å². The SMILES string of the molecule is Cc1cccnc1C(=O)c1[nH]c2ccc(Cl)cc2c1CC(=O)[O-]. The first kappa shape index (κ1) is 15.2. The highest BCUT2D eigenvalue weighted by atomic mass is 35.5. The molecule has 0 spiro atoms. The first-order valence-electron chi connectivity index (χ1n) is 6.93. The number of pyridine rings is 1. The number of nitrogens with zero attached hydrogens (tertiary/aromatic N) is 1. The zero-order valence-corrected chi connectivity index (χ0v) is 13.0. The van der Waals surface area contributed by atoms with Gasteiger partial charge in [0.1, 0.15) is 5.69 Å². The monoisotopic (exact) mass is 327 g/mol. The number of hydrogen-bond acceptors (Lipinski definition) is 4. The van der Waals surface area contributed by atoms with Crippen LogP contribution in [0.3, 0.4) is 0 Å². The van der Waals surface area contributed by atoms with Gasteiger partial charge in [0.05, 0.1) is 5.69 Å². The molecule has 0 aliphatic carbocycles. The number of aliphatic carboxylic acids is 1. The molecule has 0 saturated carbocycles. The summed E-state index contributed by atoms with van der Waals surface area (Å²) in [5, 5.41) is 12.1. The van der Waals surface area contributed by atoms with E-state index >= 15 is 0 Å². The summed E-state index contributed by atoms with van der Waals surface area (Å²) in [4.78, 5) is 31.0. The number of aryl methyl sites for hydroxylation is 1. The smallest absolute Gasteiger partial charge is 0.228 e. The summed E-state index contributed by atoms with van der Waals surface area (Å²) in [6.07, 6.45) is 1.14. The van der Waals surface area contributed by atoms with Gasteiger partial charge in [0.2, 0.25) is 5.78 Å². The molecule has 0 aliphatic rings. The number of carbonyl (C=O) groups is 2. The lowest BCUT2D eigenvalue weighted by atomic mass is 10.0. The van der Waals surface area contributed by atoms with Gasteiger partial charge in [0, 0.05) is 34.5 Å². The van der Waals surface area contributed by atoms with E-state index in [1.807, 2.05) is 0 Å². The fraction of sp³-hybridized carbons (Fsp3) is 0.118. The molecule has 2 aromatic heterocycles. The van der Waals surface area contributed by atoms with Crippen LogP contribution in [0, 0.1) is 6.92 Å². The minimum Gasteiger partial charge on any atom is -0.550 e. The number of ketones is 1. The lowest BCUT2D eigenvalue weighted by molar-refractivity contribution is -0.304. The summed E-state index contributed by atoms with van der Waals surface area (Å²) in [5.74, 6) is -1.62. The van der Waals surface area contributed by atoms with Gasteiger partial charge < -0.3 is 14.9 Å². The van der Waals surface area contributed by atoms with Crippen molar-refractivity contribution in [2.45, 2.75) is 13.3 Å². The maximum absolute atomic E-state index is 12.8. The zero-order chi connectivity index (χ0) is 16.6. The Morgan fingerprint density at radius 3 is 2.78 bits per heavy atom. The summed E-state index contributed by atoms with van der Waals surface area (Å²) in [6, 6.07) is 8.52. The zero-order valence-electron chi connectivity index (χ0n) is 12.2. The second kappa shape index (κ2) is 5.85. The average Bonchev–Trinajstić information content (AvgIpc) is 2.84. The van der Waals surface area contributed by atoms with E-state index in [9.17, 15) is 14.7 Å². The molecular formula is C17H12ClN2O3-. The Morgan fingerprint density at radius 2 is 2.09 bits per heavy atom. The number of rotatable bonds is 4. The van der Waals surface area contributed by atoms with E-state index in [1.165, 1.54) is 6.20 Å². The number of nitrogens with one attached hydrogen (secondary N) is 1. The lowest BCUT2D eigenvalue weighted by Gasteiger charge is -2.06. The number of aromatic amines is 1. The van der Waals surface area contributed by atoms with Crippen LogP contribution < -0.4 is 5.11 Å². The van der Waals surface area contributed by atoms with Crippen molar-refractivity contribution in [1.29, 1.82) is 0 Å². The number of aromatic nitrogens is 2. The number of carboxylic acid groups (broad SMARTS) is 1. The topological polar surface area (TPSA) is 85.9 Å². The van der Waals surface area contributed by atoms with Gasteiger partial charge in [-0.25, -0.2) is 0 Å². The Labute approximate surface area is 136 Å². The Morgan fingerprint density at radius 1 is 1.30 bits per heavy atom. The number of hydrogen-bond donors (Lipinski definition) is 1. The molecule has 0 unspecified atom stereocenters. The van der Waals surface area contributed by atoms with E-state index in [-0.39, 0.29) is 23.6 Å². The van der Waals surface area contributed by atoms with E-state index in [2.05, 4.69) is 9.97 Å². The highest BCUT2D eigenvalue weighted by Crippen LogP contribution is 2.27. The number of carboxylic acids is 1. The van der Waals surface area contributed by atoms with Gasteiger partial charge in [-0.2, -0.15) is 0 Å². The maximum atomic E-state index is 12.8. The Kier molecular flexibility index (Phi) is 3.88. The molecule has 0 fully saturated rings. The molecule has 0 radical (unpaired) electrons. The summed E-state index contributed by atoms with van der Waals surface area (Å²) >= 11 is 5.98. The second-order valence-electron chi connectivity index (χ2n) is 5.22. The van der Waals surface area contributed by atoms with Crippen LogP contribution >= 0.6 is 11.6 Å². The summed E-state index contributed by atoms with van der Waals surface area (Å²) < 4.78 is 0. The van der Waals surface area contributed by atoms with Gasteiger partial charge in [-0.3, -0.25) is 9.78 Å². The normalized spacial score (nSPS) is 10.9. The van der Waals surface area contributed by atoms with Crippen molar-refractivity contribution in [3.05, 3.63) is 64.1 Å². The van der Waals surface area contributed by atoms with Crippen LogP contribution in [0.2, 0.25) is 5.02 Å². The molecule has 0 atom stereocenters. The van der Waals surface area contributed by atoms with Gasteiger partial charge in [0.25, 0.3) is 0 Å². The van der Waals surface area contributed by atoms with Gasteiger partial charge in [-0.15, -0.1) is 0 Å². The van der Waals surface area contributed by atoms with Crippen molar-refractivity contribution in [3.63, 3.8) is 0 Å².